The van der Waals surface area contributed by atoms with Crippen molar-refractivity contribution in [2.24, 2.45) is 0 Å². The first-order valence-electron chi connectivity index (χ1n) is 9.51. The van der Waals surface area contributed by atoms with Crippen molar-refractivity contribution >= 4 is 37.6 Å². The van der Waals surface area contributed by atoms with Crippen LogP contribution >= 0.6 is 15.9 Å². The average Bonchev–Trinajstić information content (AvgIpc) is 2.62. The van der Waals surface area contributed by atoms with Crippen LogP contribution in [0.1, 0.15) is 52.5 Å². The molecule has 1 amide bonds. The lowest BCUT2D eigenvalue weighted by Crippen LogP contribution is -2.42. The smallest absolute Gasteiger partial charge is 0.326 e. The quantitative estimate of drug-likeness (QED) is 0.459. The van der Waals surface area contributed by atoms with E-state index in [4.69, 9.17) is 4.74 Å². The van der Waals surface area contributed by atoms with E-state index in [-0.39, 0.29) is 29.8 Å². The van der Waals surface area contributed by atoms with Gasteiger partial charge in [0, 0.05) is 12.2 Å². The Morgan fingerprint density at radius 1 is 1.28 bits per heavy atom. The Morgan fingerprint density at radius 2 is 1.93 bits per heavy atom. The molecule has 1 unspecified atom stereocenters. The molecule has 1 atom stereocenters. The summed E-state index contributed by atoms with van der Waals surface area (Å²) in [5, 5.41) is 11.6. The zero-order valence-corrected chi connectivity index (χ0v) is 19.7. The maximum absolute atomic E-state index is 12.0. The summed E-state index contributed by atoms with van der Waals surface area (Å²) >= 11 is 3.49. The Hall–Kier alpha value is -1.61. The van der Waals surface area contributed by atoms with Gasteiger partial charge >= 0.3 is 5.97 Å². The number of sulfone groups is 1. The summed E-state index contributed by atoms with van der Waals surface area (Å²) in [6.07, 6.45) is 0.335. The highest BCUT2D eigenvalue weighted by molar-refractivity contribution is 9.10. The van der Waals surface area contributed by atoms with Crippen molar-refractivity contribution < 1.29 is 27.9 Å². The number of carboxylic acids is 1. The van der Waals surface area contributed by atoms with Gasteiger partial charge in [0.05, 0.1) is 16.8 Å². The second-order valence-corrected chi connectivity index (χ2v) is 11.2. The summed E-state index contributed by atoms with van der Waals surface area (Å²) in [7, 11) is -3.29. The Morgan fingerprint density at radius 3 is 2.45 bits per heavy atom. The molecule has 0 aliphatic rings. The number of rotatable bonds is 11. The largest absolute Gasteiger partial charge is 0.492 e. The fourth-order valence-electron chi connectivity index (χ4n) is 2.46. The van der Waals surface area contributed by atoms with Gasteiger partial charge < -0.3 is 15.2 Å². The molecule has 1 aromatic carbocycles. The van der Waals surface area contributed by atoms with E-state index in [0.29, 0.717) is 18.8 Å². The number of aliphatic carboxylic acids is 1. The fourth-order valence-corrected chi connectivity index (χ4v) is 3.84. The minimum absolute atomic E-state index is 0.0241. The predicted octanol–water partition coefficient (Wildman–Crippen LogP) is 3.30. The Labute approximate surface area is 181 Å². The van der Waals surface area contributed by atoms with Crippen molar-refractivity contribution in [2.75, 3.05) is 18.1 Å². The highest BCUT2D eigenvalue weighted by atomic mass is 79.9. The first-order chi connectivity index (χ1) is 13.4. The normalized spacial score (nSPS) is 13.0. The van der Waals surface area contributed by atoms with E-state index in [0.717, 1.165) is 4.47 Å². The first-order valence-corrected chi connectivity index (χ1v) is 12.1. The predicted molar refractivity (Wildman–Crippen MR) is 116 cm³/mol. The number of hydrogen-bond acceptors (Lipinski definition) is 5. The van der Waals surface area contributed by atoms with Crippen molar-refractivity contribution in [3.8, 4) is 5.75 Å². The molecule has 7 nitrogen and oxygen atoms in total. The third-order valence-electron chi connectivity index (χ3n) is 4.39. The molecule has 0 fully saturated rings. The number of nitrogens with one attached hydrogen (secondary N) is 1. The molecule has 0 aliphatic carbocycles. The number of carboxylic acid groups (broad SMARTS) is 1. The third-order valence-corrected chi connectivity index (χ3v) is 6.75. The van der Waals surface area contributed by atoms with Gasteiger partial charge in [0.25, 0.3) is 0 Å². The molecular formula is C20H30BrNO6S. The molecule has 9 heteroatoms. The van der Waals surface area contributed by atoms with E-state index in [2.05, 4.69) is 42.0 Å². The van der Waals surface area contributed by atoms with Crippen LogP contribution in [0.2, 0.25) is 0 Å². The summed E-state index contributed by atoms with van der Waals surface area (Å²) < 4.78 is 29.6. The minimum atomic E-state index is -3.29. The van der Waals surface area contributed by atoms with Crippen LogP contribution in [0.3, 0.4) is 0 Å². The van der Waals surface area contributed by atoms with Gasteiger partial charge in [-0.1, -0.05) is 33.8 Å². The van der Waals surface area contributed by atoms with Gasteiger partial charge in [0.1, 0.15) is 21.6 Å². The fraction of sp³-hybridized carbons (Fsp3) is 0.600. The number of halogens is 1. The van der Waals surface area contributed by atoms with Crippen molar-refractivity contribution in [1.82, 2.24) is 5.32 Å². The van der Waals surface area contributed by atoms with E-state index >= 15 is 0 Å². The Bertz CT molecular complexity index is 817. The van der Waals surface area contributed by atoms with Crippen molar-refractivity contribution in [3.63, 3.8) is 0 Å². The number of carbonyl (C=O) groups excluding carboxylic acids is 1. The second-order valence-electron chi connectivity index (χ2n) is 7.83. The zero-order valence-electron chi connectivity index (χ0n) is 17.3. The lowest BCUT2D eigenvalue weighted by Gasteiger charge is -2.20. The van der Waals surface area contributed by atoms with Gasteiger partial charge in [0.15, 0.2) is 0 Å². The number of ether oxygens (including phenoxy) is 1. The summed E-state index contributed by atoms with van der Waals surface area (Å²) in [6, 6.07) is 4.65. The lowest BCUT2D eigenvalue weighted by molar-refractivity contribution is -0.141. The third kappa shape index (κ3) is 9.16. The van der Waals surface area contributed by atoms with Gasteiger partial charge in [-0.25, -0.2) is 13.2 Å². The summed E-state index contributed by atoms with van der Waals surface area (Å²) in [5.41, 5.74) is 1.19. The highest BCUT2D eigenvalue weighted by Gasteiger charge is 2.22. The topological polar surface area (TPSA) is 110 Å². The number of amides is 1. The van der Waals surface area contributed by atoms with E-state index in [1.54, 1.807) is 0 Å². The van der Waals surface area contributed by atoms with Crippen LogP contribution in [0.25, 0.3) is 0 Å². The van der Waals surface area contributed by atoms with Gasteiger partial charge in [-0.05, 0) is 51.9 Å². The van der Waals surface area contributed by atoms with Crippen LogP contribution in [0.5, 0.6) is 5.75 Å². The van der Waals surface area contributed by atoms with Crippen LogP contribution in [0.4, 0.5) is 0 Å². The molecule has 0 aliphatic heterocycles. The van der Waals surface area contributed by atoms with Gasteiger partial charge in [-0.15, -0.1) is 0 Å². The summed E-state index contributed by atoms with van der Waals surface area (Å²) in [4.78, 5) is 23.2. The van der Waals surface area contributed by atoms with Crippen molar-refractivity contribution in [3.05, 3.63) is 28.2 Å². The Balaban J connectivity index is 2.47. The molecule has 0 heterocycles. The van der Waals surface area contributed by atoms with Gasteiger partial charge in [-0.3, -0.25) is 4.79 Å². The second kappa shape index (κ2) is 11.0. The maximum Gasteiger partial charge on any atom is 0.326 e. The molecule has 0 spiro atoms. The average molecular weight is 492 g/mol. The van der Waals surface area contributed by atoms with Crippen LogP contribution in [-0.2, 0) is 24.8 Å². The Kier molecular flexibility index (Phi) is 9.61. The SMILES string of the molecule is CCS(=O)(=O)CCC(NC(=O)CCCOc1ccc(C(C)(C)C)cc1Br)C(=O)O. The van der Waals surface area contributed by atoms with Gasteiger partial charge in [-0.2, -0.15) is 0 Å². The zero-order chi connectivity index (χ0) is 22.2. The summed E-state index contributed by atoms with van der Waals surface area (Å²) in [5.74, 6) is -1.35. The van der Waals surface area contributed by atoms with Crippen LogP contribution in [0.15, 0.2) is 22.7 Å². The number of benzene rings is 1. The molecule has 0 radical (unpaired) electrons. The minimum Gasteiger partial charge on any atom is -0.492 e. The molecule has 0 bridgehead atoms. The van der Waals surface area contributed by atoms with Crippen LogP contribution in [-0.4, -0.2) is 49.6 Å². The number of carbonyl (C=O) groups is 2. The molecule has 2 N–H and O–H groups in total. The highest BCUT2D eigenvalue weighted by Crippen LogP contribution is 2.31. The standard InChI is InChI=1S/C20H30BrNO6S/c1-5-29(26,27)12-10-16(19(24)25)22-18(23)7-6-11-28-17-9-8-14(13-15(17)21)20(2,3)4/h8-9,13,16H,5-7,10-12H2,1-4H3,(H,22,23)(H,24,25). The van der Waals surface area contributed by atoms with E-state index in [1.807, 2.05) is 18.2 Å². The van der Waals surface area contributed by atoms with Crippen LogP contribution < -0.4 is 10.1 Å². The van der Waals surface area contributed by atoms with E-state index < -0.39 is 27.8 Å². The molecule has 0 saturated carbocycles. The van der Waals surface area contributed by atoms with Crippen LogP contribution in [0, 0.1) is 0 Å². The molecule has 0 saturated heterocycles. The molecule has 1 aromatic rings. The van der Waals surface area contributed by atoms with Crippen molar-refractivity contribution in [1.29, 1.82) is 0 Å². The molecule has 0 aromatic heterocycles. The van der Waals surface area contributed by atoms with E-state index in [1.165, 1.54) is 12.5 Å². The maximum atomic E-state index is 12.0. The molecule has 29 heavy (non-hydrogen) atoms. The summed E-state index contributed by atoms with van der Waals surface area (Å²) in [6.45, 7) is 8.16. The van der Waals surface area contributed by atoms with Crippen molar-refractivity contribution in [2.45, 2.75) is 58.4 Å². The van der Waals surface area contributed by atoms with Gasteiger partial charge in [0.2, 0.25) is 5.91 Å². The lowest BCUT2D eigenvalue weighted by atomic mass is 9.87. The molecule has 1 rings (SSSR count). The first kappa shape index (κ1) is 25.4. The molecule has 164 valence electrons. The van der Waals surface area contributed by atoms with E-state index in [9.17, 15) is 23.1 Å². The number of hydrogen-bond donors (Lipinski definition) is 2. The monoisotopic (exact) mass is 491 g/mol. The molecular weight excluding hydrogens is 462 g/mol.